The van der Waals surface area contributed by atoms with Crippen molar-refractivity contribution in [2.45, 2.75) is 26.7 Å². The van der Waals surface area contributed by atoms with Crippen LogP contribution in [-0.4, -0.2) is 29.0 Å². The first-order valence-corrected chi connectivity index (χ1v) is 8.14. The van der Waals surface area contributed by atoms with E-state index in [2.05, 4.69) is 20.2 Å². The van der Waals surface area contributed by atoms with Gasteiger partial charge in [-0.05, 0) is 56.5 Å². The normalized spacial score (nSPS) is 15.4. The summed E-state index contributed by atoms with van der Waals surface area (Å²) >= 11 is 0. The second kappa shape index (κ2) is 6.95. The highest BCUT2D eigenvalue weighted by Crippen LogP contribution is 2.22. The lowest BCUT2D eigenvalue weighted by Crippen LogP contribution is -2.39. The van der Waals surface area contributed by atoms with E-state index in [1.165, 1.54) is 12.1 Å². The van der Waals surface area contributed by atoms with Gasteiger partial charge < -0.3 is 10.2 Å². The molecule has 0 radical (unpaired) electrons. The Labute approximate surface area is 140 Å². The van der Waals surface area contributed by atoms with Crippen molar-refractivity contribution in [3.8, 4) is 0 Å². The number of nitrogens with one attached hydrogen (secondary N) is 1. The summed E-state index contributed by atoms with van der Waals surface area (Å²) in [6.07, 6.45) is 3.34. The van der Waals surface area contributed by atoms with Crippen molar-refractivity contribution >= 4 is 17.5 Å². The van der Waals surface area contributed by atoms with Crippen molar-refractivity contribution in [2.24, 2.45) is 5.92 Å². The number of nitrogens with zero attached hydrogens (tertiary/aromatic N) is 3. The largest absolute Gasteiger partial charge is 0.341 e. The molecule has 3 rings (SSSR count). The van der Waals surface area contributed by atoms with Crippen molar-refractivity contribution in [3.05, 3.63) is 47.5 Å². The topological polar surface area (TPSA) is 58.1 Å². The Morgan fingerprint density at radius 3 is 2.50 bits per heavy atom. The van der Waals surface area contributed by atoms with Crippen LogP contribution in [-0.2, 0) is 4.79 Å². The first-order chi connectivity index (χ1) is 11.5. The molecule has 126 valence electrons. The maximum atomic E-state index is 12.9. The number of carbonyl (C=O) groups excluding carboxylic acids is 1. The summed E-state index contributed by atoms with van der Waals surface area (Å²) in [5.74, 6) is 0.366. The Bertz CT molecular complexity index is 724. The van der Waals surface area contributed by atoms with Gasteiger partial charge in [-0.25, -0.2) is 14.4 Å². The predicted molar refractivity (Wildman–Crippen MR) is 91.5 cm³/mol. The number of hydrogen-bond donors (Lipinski definition) is 1. The third-order valence-electron chi connectivity index (χ3n) is 4.47. The van der Waals surface area contributed by atoms with E-state index in [-0.39, 0.29) is 17.6 Å². The van der Waals surface area contributed by atoms with E-state index in [0.29, 0.717) is 5.69 Å². The summed E-state index contributed by atoms with van der Waals surface area (Å²) in [5.41, 5.74) is 2.69. The lowest BCUT2D eigenvalue weighted by Gasteiger charge is -2.31. The number of carbonyl (C=O) groups is 1. The number of benzene rings is 1. The Hall–Kier alpha value is -2.50. The Morgan fingerprint density at radius 1 is 1.21 bits per heavy atom. The van der Waals surface area contributed by atoms with Crippen molar-refractivity contribution in [3.63, 3.8) is 0 Å². The molecule has 2 heterocycles. The van der Waals surface area contributed by atoms with Gasteiger partial charge in [-0.3, -0.25) is 4.79 Å². The molecule has 1 aliphatic rings. The molecule has 1 saturated heterocycles. The van der Waals surface area contributed by atoms with Crippen LogP contribution in [0.15, 0.2) is 30.5 Å². The van der Waals surface area contributed by atoms with Gasteiger partial charge in [-0.15, -0.1) is 0 Å². The van der Waals surface area contributed by atoms with Gasteiger partial charge in [0.15, 0.2) is 0 Å². The second-order valence-corrected chi connectivity index (χ2v) is 6.20. The van der Waals surface area contributed by atoms with Crippen LogP contribution in [0.5, 0.6) is 0 Å². The molecule has 0 aliphatic carbocycles. The number of piperidine rings is 1. The minimum atomic E-state index is -0.310. The van der Waals surface area contributed by atoms with E-state index < -0.39 is 0 Å². The molecule has 1 fully saturated rings. The van der Waals surface area contributed by atoms with Crippen LogP contribution in [0.2, 0.25) is 0 Å². The lowest BCUT2D eigenvalue weighted by molar-refractivity contribution is -0.120. The molecule has 2 aromatic rings. The third kappa shape index (κ3) is 3.69. The fourth-order valence-corrected chi connectivity index (χ4v) is 2.79. The standard InChI is InChI=1S/C18H21FN4O/c1-12-11-20-18(21-13(12)2)23-9-7-14(8-10-23)17(24)22-16-5-3-15(19)4-6-16/h3-6,11,14H,7-10H2,1-2H3,(H,22,24). The van der Waals surface area contributed by atoms with Crippen molar-refractivity contribution in [1.82, 2.24) is 9.97 Å². The Morgan fingerprint density at radius 2 is 1.88 bits per heavy atom. The molecular formula is C18H21FN4O. The van der Waals surface area contributed by atoms with Gasteiger partial charge in [-0.2, -0.15) is 0 Å². The van der Waals surface area contributed by atoms with Crippen LogP contribution in [0, 0.1) is 25.6 Å². The molecule has 1 aromatic carbocycles. The quantitative estimate of drug-likeness (QED) is 0.941. The highest BCUT2D eigenvalue weighted by Gasteiger charge is 2.26. The SMILES string of the molecule is Cc1cnc(N2CCC(C(=O)Nc3ccc(F)cc3)CC2)nc1C. The minimum Gasteiger partial charge on any atom is -0.341 e. The van der Waals surface area contributed by atoms with Gasteiger partial charge in [0.05, 0.1) is 0 Å². The highest BCUT2D eigenvalue weighted by atomic mass is 19.1. The molecule has 1 amide bonds. The molecule has 0 atom stereocenters. The summed E-state index contributed by atoms with van der Waals surface area (Å²) in [6.45, 7) is 5.47. The van der Waals surface area contributed by atoms with E-state index in [1.807, 2.05) is 20.0 Å². The van der Waals surface area contributed by atoms with Gasteiger partial charge >= 0.3 is 0 Å². The summed E-state index contributed by atoms with van der Waals surface area (Å²) in [7, 11) is 0. The average molecular weight is 328 g/mol. The zero-order valence-corrected chi connectivity index (χ0v) is 13.9. The highest BCUT2D eigenvalue weighted by molar-refractivity contribution is 5.92. The van der Waals surface area contributed by atoms with E-state index in [9.17, 15) is 9.18 Å². The number of halogens is 1. The molecule has 1 aliphatic heterocycles. The average Bonchev–Trinajstić information content (AvgIpc) is 2.59. The maximum absolute atomic E-state index is 12.9. The number of hydrogen-bond acceptors (Lipinski definition) is 4. The number of amides is 1. The molecule has 0 unspecified atom stereocenters. The van der Waals surface area contributed by atoms with Gasteiger partial charge in [-0.1, -0.05) is 0 Å². The summed E-state index contributed by atoms with van der Waals surface area (Å²) in [4.78, 5) is 23.4. The third-order valence-corrected chi connectivity index (χ3v) is 4.47. The molecule has 0 saturated carbocycles. The van der Waals surface area contributed by atoms with Crippen LogP contribution in [0.25, 0.3) is 0 Å². The predicted octanol–water partition coefficient (Wildman–Crippen LogP) is 3.09. The van der Waals surface area contributed by atoms with Crippen molar-refractivity contribution < 1.29 is 9.18 Å². The molecule has 24 heavy (non-hydrogen) atoms. The van der Waals surface area contributed by atoms with Crippen LogP contribution in [0.1, 0.15) is 24.1 Å². The fourth-order valence-electron chi connectivity index (χ4n) is 2.79. The molecule has 6 heteroatoms. The van der Waals surface area contributed by atoms with E-state index >= 15 is 0 Å². The smallest absolute Gasteiger partial charge is 0.227 e. The maximum Gasteiger partial charge on any atom is 0.227 e. The van der Waals surface area contributed by atoms with Gasteiger partial charge in [0.1, 0.15) is 5.82 Å². The van der Waals surface area contributed by atoms with E-state index in [0.717, 1.165) is 43.1 Å². The van der Waals surface area contributed by atoms with Crippen LogP contribution >= 0.6 is 0 Å². The molecule has 0 bridgehead atoms. The monoisotopic (exact) mass is 328 g/mol. The Balaban J connectivity index is 1.57. The van der Waals surface area contributed by atoms with Crippen LogP contribution in [0.4, 0.5) is 16.0 Å². The zero-order valence-electron chi connectivity index (χ0n) is 13.9. The number of rotatable bonds is 3. The van der Waals surface area contributed by atoms with Gasteiger partial charge in [0, 0.05) is 36.6 Å². The fraction of sp³-hybridized carbons (Fsp3) is 0.389. The molecular weight excluding hydrogens is 307 g/mol. The van der Waals surface area contributed by atoms with E-state index in [4.69, 9.17) is 0 Å². The van der Waals surface area contributed by atoms with Gasteiger partial charge in [0.25, 0.3) is 0 Å². The van der Waals surface area contributed by atoms with Gasteiger partial charge in [0.2, 0.25) is 11.9 Å². The number of aromatic nitrogens is 2. The molecule has 1 aromatic heterocycles. The minimum absolute atomic E-state index is 0.0118. The van der Waals surface area contributed by atoms with Crippen LogP contribution in [0.3, 0.4) is 0 Å². The van der Waals surface area contributed by atoms with Crippen LogP contribution < -0.4 is 10.2 Å². The van der Waals surface area contributed by atoms with E-state index in [1.54, 1.807) is 12.1 Å². The lowest BCUT2D eigenvalue weighted by atomic mass is 9.96. The zero-order chi connectivity index (χ0) is 17.1. The second-order valence-electron chi connectivity index (χ2n) is 6.20. The number of anilines is 2. The first-order valence-electron chi connectivity index (χ1n) is 8.14. The summed E-state index contributed by atoms with van der Waals surface area (Å²) in [5, 5.41) is 2.85. The Kier molecular flexibility index (Phi) is 4.74. The van der Waals surface area contributed by atoms with Crippen molar-refractivity contribution in [2.75, 3.05) is 23.3 Å². The summed E-state index contributed by atoms with van der Waals surface area (Å²) in [6, 6.07) is 5.83. The first kappa shape index (κ1) is 16.4. The molecule has 5 nitrogen and oxygen atoms in total. The van der Waals surface area contributed by atoms with Crippen molar-refractivity contribution in [1.29, 1.82) is 0 Å². The molecule has 1 N–H and O–H groups in total. The molecule has 0 spiro atoms. The number of aryl methyl sites for hydroxylation is 2. The summed E-state index contributed by atoms with van der Waals surface area (Å²) < 4.78 is 12.9.